The molecule has 2 atom stereocenters. The topological polar surface area (TPSA) is 26.3 Å². The smallest absolute Gasteiger partial charge is 0.317 e. The van der Waals surface area contributed by atoms with Gasteiger partial charge in [0.1, 0.15) is 11.0 Å². The zero-order valence-electron chi connectivity index (χ0n) is 11.8. The lowest BCUT2D eigenvalue weighted by atomic mass is 9.59. The molecule has 0 saturated carbocycles. The van der Waals surface area contributed by atoms with Crippen molar-refractivity contribution < 1.29 is 9.53 Å². The number of cyclic esters (lactones) is 1. The molecule has 1 aliphatic heterocycles. The van der Waals surface area contributed by atoms with Gasteiger partial charge in [-0.1, -0.05) is 17.2 Å². The molecular weight excluding hydrogens is 224 g/mol. The van der Waals surface area contributed by atoms with E-state index < -0.39 is 0 Å². The molecule has 18 heavy (non-hydrogen) atoms. The highest BCUT2D eigenvalue weighted by molar-refractivity contribution is 5.85. The third-order valence-corrected chi connectivity index (χ3v) is 4.72. The number of rotatable bonds is 4. The fourth-order valence-electron chi connectivity index (χ4n) is 3.22. The zero-order valence-corrected chi connectivity index (χ0v) is 11.8. The van der Waals surface area contributed by atoms with E-state index in [4.69, 9.17) is 4.74 Å². The van der Waals surface area contributed by atoms with Crippen LogP contribution in [-0.4, -0.2) is 11.6 Å². The SMILES string of the molecule is C=C(C)CCCC1(C)OC(=O)C12CC=C(C)CC2. The Bertz CT molecular complexity index is 407. The second-order valence-corrected chi connectivity index (χ2v) is 6.27. The molecule has 0 radical (unpaired) electrons. The number of ether oxygens (including phenoxy) is 1. The van der Waals surface area contributed by atoms with Crippen LogP contribution in [0.1, 0.15) is 59.3 Å². The van der Waals surface area contributed by atoms with Gasteiger partial charge in [-0.2, -0.15) is 0 Å². The molecule has 0 aromatic rings. The van der Waals surface area contributed by atoms with E-state index in [9.17, 15) is 4.79 Å². The van der Waals surface area contributed by atoms with Crippen molar-refractivity contribution in [3.05, 3.63) is 23.8 Å². The molecule has 1 heterocycles. The summed E-state index contributed by atoms with van der Waals surface area (Å²) in [5, 5.41) is 0. The Kier molecular flexibility index (Phi) is 3.39. The molecule has 0 amide bonds. The van der Waals surface area contributed by atoms with Crippen LogP contribution in [0.3, 0.4) is 0 Å². The number of carbonyl (C=O) groups is 1. The molecule has 2 aliphatic rings. The summed E-state index contributed by atoms with van der Waals surface area (Å²) >= 11 is 0. The van der Waals surface area contributed by atoms with Crippen LogP contribution in [0.15, 0.2) is 23.8 Å². The highest BCUT2D eigenvalue weighted by Gasteiger charge is 2.65. The van der Waals surface area contributed by atoms with E-state index in [0.29, 0.717) is 0 Å². The van der Waals surface area contributed by atoms with Gasteiger partial charge >= 0.3 is 5.97 Å². The van der Waals surface area contributed by atoms with Crippen LogP contribution in [0.25, 0.3) is 0 Å². The summed E-state index contributed by atoms with van der Waals surface area (Å²) in [6, 6.07) is 0. The van der Waals surface area contributed by atoms with E-state index in [1.54, 1.807) is 0 Å². The Labute approximate surface area is 110 Å². The molecule has 0 aromatic heterocycles. The van der Waals surface area contributed by atoms with E-state index in [2.05, 4.69) is 33.4 Å². The molecule has 2 heteroatoms. The van der Waals surface area contributed by atoms with Gasteiger partial charge in [-0.15, -0.1) is 6.58 Å². The lowest BCUT2D eigenvalue weighted by Crippen LogP contribution is -2.65. The van der Waals surface area contributed by atoms with Crippen LogP contribution in [0, 0.1) is 5.41 Å². The third-order valence-electron chi connectivity index (χ3n) is 4.72. The molecule has 2 nitrogen and oxygen atoms in total. The normalized spacial score (nSPS) is 34.8. The maximum absolute atomic E-state index is 12.0. The maximum atomic E-state index is 12.0. The molecule has 2 rings (SSSR count). The number of carbonyl (C=O) groups excluding carboxylic acids is 1. The van der Waals surface area contributed by atoms with Gasteiger partial charge in [0.2, 0.25) is 0 Å². The molecule has 100 valence electrons. The molecule has 1 saturated heterocycles. The van der Waals surface area contributed by atoms with Crippen molar-refractivity contribution in [3.63, 3.8) is 0 Å². The van der Waals surface area contributed by atoms with E-state index in [1.807, 2.05) is 0 Å². The minimum Gasteiger partial charge on any atom is -0.458 e. The van der Waals surface area contributed by atoms with Gasteiger partial charge in [0.25, 0.3) is 0 Å². The average molecular weight is 248 g/mol. The molecule has 1 aliphatic carbocycles. The van der Waals surface area contributed by atoms with Crippen molar-refractivity contribution in [1.29, 1.82) is 0 Å². The van der Waals surface area contributed by atoms with Crippen molar-refractivity contribution in [3.8, 4) is 0 Å². The number of hydrogen-bond acceptors (Lipinski definition) is 2. The predicted octanol–water partition coefficient (Wildman–Crippen LogP) is 4.16. The summed E-state index contributed by atoms with van der Waals surface area (Å²) in [5.41, 5.74) is 2.13. The Morgan fingerprint density at radius 3 is 2.78 bits per heavy atom. The fraction of sp³-hybridized carbons (Fsp3) is 0.688. The summed E-state index contributed by atoms with van der Waals surface area (Å²) in [6.07, 6.45) is 8.12. The molecular formula is C16H24O2. The number of allylic oxidation sites excluding steroid dienone is 3. The Morgan fingerprint density at radius 2 is 2.28 bits per heavy atom. The molecule has 1 spiro atoms. The van der Waals surface area contributed by atoms with E-state index in [0.717, 1.165) is 38.5 Å². The first-order valence-corrected chi connectivity index (χ1v) is 6.93. The van der Waals surface area contributed by atoms with Crippen molar-refractivity contribution in [2.75, 3.05) is 0 Å². The van der Waals surface area contributed by atoms with Crippen molar-refractivity contribution in [2.24, 2.45) is 5.41 Å². The lowest BCUT2D eigenvalue weighted by molar-refractivity contribution is -0.243. The van der Waals surface area contributed by atoms with Gasteiger partial charge in [-0.05, 0) is 59.3 Å². The predicted molar refractivity (Wildman–Crippen MR) is 73.2 cm³/mol. The van der Waals surface area contributed by atoms with Crippen molar-refractivity contribution in [2.45, 2.75) is 64.9 Å². The average Bonchev–Trinajstić information content (AvgIpc) is 2.29. The zero-order chi connectivity index (χ0) is 13.4. The first-order chi connectivity index (χ1) is 8.40. The Morgan fingerprint density at radius 1 is 1.56 bits per heavy atom. The van der Waals surface area contributed by atoms with Gasteiger partial charge in [0.05, 0.1) is 0 Å². The van der Waals surface area contributed by atoms with Crippen LogP contribution in [-0.2, 0) is 9.53 Å². The number of esters is 1. The maximum Gasteiger partial charge on any atom is 0.317 e. The number of hydrogen-bond donors (Lipinski definition) is 0. The van der Waals surface area contributed by atoms with Gasteiger partial charge in [0.15, 0.2) is 0 Å². The second kappa shape index (κ2) is 4.56. The first-order valence-electron chi connectivity index (χ1n) is 6.93. The van der Waals surface area contributed by atoms with Gasteiger partial charge in [-0.25, -0.2) is 0 Å². The summed E-state index contributed by atoms with van der Waals surface area (Å²) < 4.78 is 5.54. The summed E-state index contributed by atoms with van der Waals surface area (Å²) in [7, 11) is 0. The van der Waals surface area contributed by atoms with E-state index in [-0.39, 0.29) is 17.0 Å². The van der Waals surface area contributed by atoms with E-state index >= 15 is 0 Å². The third kappa shape index (κ3) is 2.02. The molecule has 2 unspecified atom stereocenters. The van der Waals surface area contributed by atoms with Gasteiger partial charge < -0.3 is 4.74 Å². The van der Waals surface area contributed by atoms with Crippen molar-refractivity contribution in [1.82, 2.24) is 0 Å². The highest BCUT2D eigenvalue weighted by Crippen LogP contribution is 2.56. The quantitative estimate of drug-likeness (QED) is 0.551. The fourth-order valence-corrected chi connectivity index (χ4v) is 3.22. The Balaban J connectivity index is 2.04. The minimum atomic E-state index is -0.253. The second-order valence-electron chi connectivity index (χ2n) is 6.27. The summed E-state index contributed by atoms with van der Waals surface area (Å²) in [5.74, 6) is 0.0177. The summed E-state index contributed by atoms with van der Waals surface area (Å²) in [4.78, 5) is 12.0. The van der Waals surface area contributed by atoms with Crippen LogP contribution in [0.5, 0.6) is 0 Å². The molecule has 0 aromatic carbocycles. The monoisotopic (exact) mass is 248 g/mol. The van der Waals surface area contributed by atoms with Crippen LogP contribution in [0.4, 0.5) is 0 Å². The van der Waals surface area contributed by atoms with Crippen LogP contribution in [0.2, 0.25) is 0 Å². The summed E-state index contributed by atoms with van der Waals surface area (Å²) in [6.45, 7) is 10.2. The molecule has 0 bridgehead atoms. The standard InChI is InChI=1S/C16H24O2/c1-12(2)6-5-9-15(4)16(14(17)18-15)10-7-13(3)8-11-16/h7H,1,5-6,8-11H2,2-4H3. The van der Waals surface area contributed by atoms with Gasteiger partial charge in [0, 0.05) is 0 Å². The van der Waals surface area contributed by atoms with Gasteiger partial charge in [-0.3, -0.25) is 4.79 Å². The van der Waals surface area contributed by atoms with Crippen LogP contribution < -0.4 is 0 Å². The Hall–Kier alpha value is -1.05. The largest absolute Gasteiger partial charge is 0.458 e. The van der Waals surface area contributed by atoms with E-state index in [1.165, 1.54) is 11.1 Å². The van der Waals surface area contributed by atoms with Crippen LogP contribution >= 0.6 is 0 Å². The minimum absolute atomic E-state index is 0.0177. The van der Waals surface area contributed by atoms with Crippen molar-refractivity contribution >= 4 is 5.97 Å². The molecule has 0 N–H and O–H groups in total. The lowest BCUT2D eigenvalue weighted by Gasteiger charge is -2.56. The molecule has 1 fully saturated rings. The highest BCUT2D eigenvalue weighted by atomic mass is 16.6. The first kappa shape index (κ1) is 13.4.